The van der Waals surface area contributed by atoms with E-state index in [1.165, 1.54) is 12.1 Å². The zero-order valence-electron chi connectivity index (χ0n) is 13.6. The lowest BCUT2D eigenvalue weighted by Crippen LogP contribution is -2.42. The van der Waals surface area contributed by atoms with E-state index in [0.717, 1.165) is 11.3 Å². The lowest BCUT2D eigenvalue weighted by molar-refractivity contribution is -0.0228. The van der Waals surface area contributed by atoms with Crippen LogP contribution in [0.2, 0.25) is 0 Å². The van der Waals surface area contributed by atoms with Gasteiger partial charge in [0, 0.05) is 12.1 Å². The number of carbonyl (C=O) groups is 1. The third-order valence-corrected chi connectivity index (χ3v) is 4.01. The van der Waals surface area contributed by atoms with Crippen LogP contribution in [0.5, 0.6) is 5.75 Å². The molecule has 0 spiro atoms. The fourth-order valence-electron chi connectivity index (χ4n) is 2.76. The number of halogens is 1. The fraction of sp³-hybridized carbons (Fsp3) is 0.316. The number of rotatable bonds is 4. The summed E-state index contributed by atoms with van der Waals surface area (Å²) in [6.45, 7) is 3.98. The minimum absolute atomic E-state index is 0.0338. The highest BCUT2D eigenvalue weighted by Gasteiger charge is 2.26. The number of ether oxygens (including phenoxy) is 2. The monoisotopic (exact) mass is 329 g/mol. The van der Waals surface area contributed by atoms with E-state index in [9.17, 15) is 9.18 Å². The summed E-state index contributed by atoms with van der Waals surface area (Å²) in [6.07, 6.45) is -0.231. The summed E-state index contributed by atoms with van der Waals surface area (Å²) in [7, 11) is 0. The molecule has 1 fully saturated rings. The Balaban J connectivity index is 1.69. The molecule has 1 heterocycles. The van der Waals surface area contributed by atoms with Crippen molar-refractivity contribution < 1.29 is 18.7 Å². The van der Waals surface area contributed by atoms with Crippen molar-refractivity contribution in [3.8, 4) is 5.75 Å². The van der Waals surface area contributed by atoms with Gasteiger partial charge in [-0.3, -0.25) is 4.79 Å². The molecule has 1 unspecified atom stereocenters. The molecule has 0 bridgehead atoms. The van der Waals surface area contributed by atoms with E-state index in [1.54, 1.807) is 41.3 Å². The van der Waals surface area contributed by atoms with Crippen molar-refractivity contribution in [1.82, 2.24) is 4.90 Å². The topological polar surface area (TPSA) is 38.8 Å². The van der Waals surface area contributed by atoms with Crippen LogP contribution in [0.1, 0.15) is 28.9 Å². The van der Waals surface area contributed by atoms with Gasteiger partial charge >= 0.3 is 0 Å². The van der Waals surface area contributed by atoms with Crippen LogP contribution >= 0.6 is 0 Å². The highest BCUT2D eigenvalue weighted by molar-refractivity contribution is 5.94. The van der Waals surface area contributed by atoms with Crippen molar-refractivity contribution in [1.29, 1.82) is 0 Å². The number of benzene rings is 2. The predicted molar refractivity (Wildman–Crippen MR) is 88.6 cm³/mol. The van der Waals surface area contributed by atoms with Crippen molar-refractivity contribution in [3.05, 3.63) is 65.5 Å². The molecule has 126 valence electrons. The number of nitrogens with zero attached hydrogens (tertiary/aromatic N) is 1. The van der Waals surface area contributed by atoms with Crippen LogP contribution in [0.3, 0.4) is 0 Å². The quantitative estimate of drug-likeness (QED) is 0.862. The first-order chi connectivity index (χ1) is 11.7. The first kappa shape index (κ1) is 16.5. The van der Waals surface area contributed by atoms with Gasteiger partial charge in [-0.15, -0.1) is 0 Å². The van der Waals surface area contributed by atoms with Crippen molar-refractivity contribution in [2.75, 3.05) is 26.3 Å². The van der Waals surface area contributed by atoms with Crippen LogP contribution in [0.15, 0.2) is 48.5 Å². The summed E-state index contributed by atoms with van der Waals surface area (Å²) in [6, 6.07) is 13.4. The largest absolute Gasteiger partial charge is 0.494 e. The Morgan fingerprint density at radius 1 is 1.21 bits per heavy atom. The lowest BCUT2D eigenvalue weighted by Gasteiger charge is -2.33. The SMILES string of the molecule is CCOc1ccc(C(=O)N2CCOC(c3ccc(F)cc3)C2)cc1. The summed E-state index contributed by atoms with van der Waals surface area (Å²) in [5, 5.41) is 0. The summed E-state index contributed by atoms with van der Waals surface area (Å²) in [5.41, 5.74) is 1.50. The van der Waals surface area contributed by atoms with Gasteiger partial charge < -0.3 is 14.4 Å². The van der Waals surface area contributed by atoms with Crippen LogP contribution in [-0.4, -0.2) is 37.1 Å². The molecule has 4 nitrogen and oxygen atoms in total. The molecule has 0 radical (unpaired) electrons. The molecule has 2 aromatic carbocycles. The van der Waals surface area contributed by atoms with E-state index < -0.39 is 0 Å². The van der Waals surface area contributed by atoms with Gasteiger partial charge in [-0.05, 0) is 48.9 Å². The average molecular weight is 329 g/mol. The third-order valence-electron chi connectivity index (χ3n) is 4.01. The maximum absolute atomic E-state index is 13.1. The predicted octanol–water partition coefficient (Wildman–Crippen LogP) is 3.44. The number of hydrogen-bond acceptors (Lipinski definition) is 3. The summed E-state index contributed by atoms with van der Waals surface area (Å²) >= 11 is 0. The van der Waals surface area contributed by atoms with Crippen LogP contribution in [0.4, 0.5) is 4.39 Å². The van der Waals surface area contributed by atoms with E-state index in [0.29, 0.717) is 31.9 Å². The number of morpholine rings is 1. The van der Waals surface area contributed by atoms with Crippen LogP contribution in [0, 0.1) is 5.82 Å². The number of hydrogen-bond donors (Lipinski definition) is 0. The average Bonchev–Trinajstić information content (AvgIpc) is 2.63. The first-order valence-corrected chi connectivity index (χ1v) is 8.06. The molecule has 2 aromatic rings. The molecule has 5 heteroatoms. The van der Waals surface area contributed by atoms with Crippen molar-refractivity contribution in [2.24, 2.45) is 0 Å². The Hall–Kier alpha value is -2.40. The van der Waals surface area contributed by atoms with Gasteiger partial charge in [-0.2, -0.15) is 0 Å². The maximum Gasteiger partial charge on any atom is 0.254 e. The number of carbonyl (C=O) groups excluding carboxylic acids is 1. The van der Waals surface area contributed by atoms with Gasteiger partial charge in [0.25, 0.3) is 5.91 Å². The Morgan fingerprint density at radius 2 is 1.92 bits per heavy atom. The van der Waals surface area contributed by atoms with Gasteiger partial charge in [0.15, 0.2) is 0 Å². The molecule has 1 aliphatic rings. The van der Waals surface area contributed by atoms with E-state index in [4.69, 9.17) is 9.47 Å². The second kappa shape index (κ2) is 7.45. The molecular weight excluding hydrogens is 309 g/mol. The standard InChI is InChI=1S/C19H20FNO3/c1-2-23-17-9-5-15(6-10-17)19(22)21-11-12-24-18(13-21)14-3-7-16(20)8-4-14/h3-10,18H,2,11-13H2,1H3. The molecule has 1 atom stereocenters. The van der Waals surface area contributed by atoms with Gasteiger partial charge in [0.2, 0.25) is 0 Å². The van der Waals surface area contributed by atoms with Gasteiger partial charge in [0.05, 0.1) is 19.8 Å². The molecular formula is C19H20FNO3. The minimum atomic E-state index is -0.281. The molecule has 1 amide bonds. The Bertz CT molecular complexity index is 685. The molecule has 1 saturated heterocycles. The summed E-state index contributed by atoms with van der Waals surface area (Å²) in [4.78, 5) is 14.4. The summed E-state index contributed by atoms with van der Waals surface area (Å²) < 4.78 is 24.2. The molecule has 3 rings (SSSR count). The molecule has 0 saturated carbocycles. The van der Waals surface area contributed by atoms with Crippen LogP contribution < -0.4 is 4.74 Å². The molecule has 0 aromatic heterocycles. The van der Waals surface area contributed by atoms with Gasteiger partial charge in [-0.25, -0.2) is 4.39 Å². The highest BCUT2D eigenvalue weighted by Crippen LogP contribution is 2.24. The zero-order chi connectivity index (χ0) is 16.9. The van der Waals surface area contributed by atoms with Crippen molar-refractivity contribution in [2.45, 2.75) is 13.0 Å². The zero-order valence-corrected chi connectivity index (χ0v) is 13.6. The highest BCUT2D eigenvalue weighted by atomic mass is 19.1. The van der Waals surface area contributed by atoms with Gasteiger partial charge in [-0.1, -0.05) is 12.1 Å². The van der Waals surface area contributed by atoms with E-state index >= 15 is 0 Å². The van der Waals surface area contributed by atoms with Crippen molar-refractivity contribution >= 4 is 5.91 Å². The molecule has 1 aliphatic heterocycles. The van der Waals surface area contributed by atoms with Crippen LogP contribution in [-0.2, 0) is 4.74 Å². The second-order valence-corrected chi connectivity index (χ2v) is 5.62. The minimum Gasteiger partial charge on any atom is -0.494 e. The van der Waals surface area contributed by atoms with E-state index in [2.05, 4.69) is 0 Å². The van der Waals surface area contributed by atoms with Gasteiger partial charge in [0.1, 0.15) is 17.7 Å². The summed E-state index contributed by atoms with van der Waals surface area (Å²) in [5.74, 6) is 0.436. The van der Waals surface area contributed by atoms with E-state index in [-0.39, 0.29) is 17.8 Å². The third kappa shape index (κ3) is 3.74. The molecule has 24 heavy (non-hydrogen) atoms. The smallest absolute Gasteiger partial charge is 0.254 e. The van der Waals surface area contributed by atoms with E-state index in [1.807, 2.05) is 6.92 Å². The Kier molecular flexibility index (Phi) is 5.11. The fourth-order valence-corrected chi connectivity index (χ4v) is 2.76. The van der Waals surface area contributed by atoms with Crippen molar-refractivity contribution in [3.63, 3.8) is 0 Å². The molecule has 0 aliphatic carbocycles. The second-order valence-electron chi connectivity index (χ2n) is 5.62. The number of amides is 1. The maximum atomic E-state index is 13.1. The Morgan fingerprint density at radius 3 is 2.58 bits per heavy atom. The molecule has 0 N–H and O–H groups in total. The normalized spacial score (nSPS) is 17.6. The lowest BCUT2D eigenvalue weighted by atomic mass is 10.1. The Labute approximate surface area is 140 Å². The first-order valence-electron chi connectivity index (χ1n) is 8.06. The van der Waals surface area contributed by atoms with Crippen LogP contribution in [0.25, 0.3) is 0 Å².